The van der Waals surface area contributed by atoms with Gasteiger partial charge in [0.25, 0.3) is 0 Å². The predicted molar refractivity (Wildman–Crippen MR) is 63.5 cm³/mol. The maximum absolute atomic E-state index is 10.3. The van der Waals surface area contributed by atoms with Gasteiger partial charge in [-0.1, -0.05) is 19.8 Å². The van der Waals surface area contributed by atoms with Crippen molar-refractivity contribution in [2.24, 2.45) is 5.92 Å². The quantitative estimate of drug-likeness (QED) is 0.535. The second kappa shape index (κ2) is 6.15. The smallest absolute Gasteiger partial charge is 0.0774 e. The normalized spacial score (nSPS) is 31.1. The van der Waals surface area contributed by atoms with E-state index in [0.29, 0.717) is 5.92 Å². The Labute approximate surface area is 93.5 Å². The van der Waals surface area contributed by atoms with Crippen molar-refractivity contribution in [3.05, 3.63) is 0 Å². The molecule has 2 nitrogen and oxygen atoms in total. The number of hydrogen-bond donors (Lipinski definition) is 2. The highest BCUT2D eigenvalue weighted by Gasteiger charge is 2.31. The lowest BCUT2D eigenvalue weighted by atomic mass is 9.79. The molecule has 0 amide bonds. The minimum Gasteiger partial charge on any atom is -0.389 e. The van der Waals surface area contributed by atoms with Gasteiger partial charge in [0.2, 0.25) is 0 Å². The predicted octanol–water partition coefficient (Wildman–Crippen LogP) is 1.93. The Morgan fingerprint density at radius 2 is 2.40 bits per heavy atom. The molecule has 86 valence electrons. The molecular weight excluding hydrogens is 186 g/mol. The van der Waals surface area contributed by atoms with Gasteiger partial charge < -0.3 is 10.4 Å². The van der Waals surface area contributed by atoms with Crippen LogP contribution in [0.3, 0.4) is 0 Å². The second-order valence-electron chi connectivity index (χ2n) is 4.91. The van der Waals surface area contributed by atoms with Crippen molar-refractivity contribution >= 4 is 0 Å². The Kier molecular flexibility index (Phi) is 5.14. The monoisotopic (exact) mass is 209 g/mol. The maximum atomic E-state index is 10.3. The zero-order valence-corrected chi connectivity index (χ0v) is 9.76. The first-order chi connectivity index (χ1) is 7.16. The van der Waals surface area contributed by atoms with Crippen LogP contribution in [0.4, 0.5) is 0 Å². The zero-order chi connectivity index (χ0) is 11.1. The third-order valence-electron chi connectivity index (χ3n) is 3.20. The lowest BCUT2D eigenvalue weighted by molar-refractivity contribution is -0.0115. The van der Waals surface area contributed by atoms with Crippen LogP contribution in [-0.4, -0.2) is 23.8 Å². The van der Waals surface area contributed by atoms with E-state index in [0.717, 1.165) is 45.2 Å². The van der Waals surface area contributed by atoms with Crippen LogP contribution in [0.2, 0.25) is 0 Å². The molecule has 0 heterocycles. The summed E-state index contributed by atoms with van der Waals surface area (Å²) < 4.78 is 0. The first-order valence-electron chi connectivity index (χ1n) is 6.03. The lowest BCUT2D eigenvalue weighted by Crippen LogP contribution is -2.44. The standard InChI is InChI=1S/C13H23NO/c1-3-4-5-9-14-11-13(15)8-6-7-12(2)10-13/h1,12,14-15H,4-11H2,2H3. The minimum atomic E-state index is -0.464. The van der Waals surface area contributed by atoms with Gasteiger partial charge in [0.1, 0.15) is 0 Å². The fraction of sp³-hybridized carbons (Fsp3) is 0.846. The average Bonchev–Trinajstić information content (AvgIpc) is 2.17. The number of hydrogen-bond acceptors (Lipinski definition) is 2. The fourth-order valence-corrected chi connectivity index (χ4v) is 2.43. The van der Waals surface area contributed by atoms with E-state index in [-0.39, 0.29) is 0 Å². The van der Waals surface area contributed by atoms with E-state index in [1.54, 1.807) is 0 Å². The van der Waals surface area contributed by atoms with E-state index in [9.17, 15) is 5.11 Å². The first-order valence-corrected chi connectivity index (χ1v) is 6.03. The summed E-state index contributed by atoms with van der Waals surface area (Å²) in [5.74, 6) is 3.28. The van der Waals surface area contributed by atoms with Crippen molar-refractivity contribution in [1.82, 2.24) is 5.32 Å². The Bertz CT molecular complexity index is 221. The van der Waals surface area contributed by atoms with Gasteiger partial charge in [-0.25, -0.2) is 0 Å². The van der Waals surface area contributed by atoms with E-state index in [4.69, 9.17) is 6.42 Å². The zero-order valence-electron chi connectivity index (χ0n) is 9.76. The number of rotatable bonds is 5. The Balaban J connectivity index is 2.16. The molecule has 0 spiro atoms. The summed E-state index contributed by atoms with van der Waals surface area (Å²) in [4.78, 5) is 0. The summed E-state index contributed by atoms with van der Waals surface area (Å²) in [5.41, 5.74) is -0.464. The van der Waals surface area contributed by atoms with Gasteiger partial charge in [0, 0.05) is 13.0 Å². The summed E-state index contributed by atoms with van der Waals surface area (Å²) in [6, 6.07) is 0. The number of unbranched alkanes of at least 4 members (excludes halogenated alkanes) is 1. The van der Waals surface area contributed by atoms with Crippen molar-refractivity contribution in [3.8, 4) is 12.3 Å². The number of nitrogens with one attached hydrogen (secondary N) is 1. The van der Waals surface area contributed by atoms with Crippen LogP contribution >= 0.6 is 0 Å². The van der Waals surface area contributed by atoms with Crippen LogP contribution in [0.1, 0.15) is 45.4 Å². The van der Waals surface area contributed by atoms with Gasteiger partial charge in [-0.15, -0.1) is 12.3 Å². The van der Waals surface area contributed by atoms with Gasteiger partial charge >= 0.3 is 0 Å². The lowest BCUT2D eigenvalue weighted by Gasteiger charge is -2.35. The second-order valence-corrected chi connectivity index (χ2v) is 4.91. The molecule has 0 radical (unpaired) electrons. The first kappa shape index (κ1) is 12.5. The summed E-state index contributed by atoms with van der Waals surface area (Å²) in [5, 5.41) is 13.6. The van der Waals surface area contributed by atoms with Crippen LogP contribution in [0.15, 0.2) is 0 Å². The summed E-state index contributed by atoms with van der Waals surface area (Å²) in [6.45, 7) is 3.87. The minimum absolute atomic E-state index is 0.464. The molecule has 2 heteroatoms. The third-order valence-corrected chi connectivity index (χ3v) is 3.20. The molecule has 1 aliphatic rings. The molecule has 2 atom stereocenters. The van der Waals surface area contributed by atoms with Crippen molar-refractivity contribution in [1.29, 1.82) is 0 Å². The molecule has 1 saturated carbocycles. The average molecular weight is 209 g/mol. The highest BCUT2D eigenvalue weighted by molar-refractivity contribution is 4.87. The maximum Gasteiger partial charge on any atom is 0.0774 e. The van der Waals surface area contributed by atoms with E-state index in [1.807, 2.05) is 0 Å². The number of terminal acetylenes is 1. The largest absolute Gasteiger partial charge is 0.389 e. The molecule has 2 N–H and O–H groups in total. The van der Waals surface area contributed by atoms with E-state index in [2.05, 4.69) is 18.2 Å². The summed E-state index contributed by atoms with van der Waals surface area (Å²) in [7, 11) is 0. The van der Waals surface area contributed by atoms with E-state index < -0.39 is 5.60 Å². The SMILES string of the molecule is C#CCCCNCC1(O)CCCC(C)C1. The molecule has 0 bridgehead atoms. The molecule has 0 saturated heterocycles. The van der Waals surface area contributed by atoms with E-state index in [1.165, 1.54) is 6.42 Å². The summed E-state index contributed by atoms with van der Waals surface area (Å²) in [6.07, 6.45) is 11.3. The Morgan fingerprint density at radius 1 is 1.60 bits per heavy atom. The number of aliphatic hydroxyl groups is 1. The molecule has 1 aliphatic carbocycles. The molecule has 0 aliphatic heterocycles. The fourth-order valence-electron chi connectivity index (χ4n) is 2.43. The summed E-state index contributed by atoms with van der Waals surface area (Å²) >= 11 is 0. The van der Waals surface area contributed by atoms with Crippen LogP contribution in [-0.2, 0) is 0 Å². The van der Waals surface area contributed by atoms with Gasteiger partial charge in [0.05, 0.1) is 5.60 Å². The Hall–Kier alpha value is -0.520. The molecule has 0 aromatic carbocycles. The van der Waals surface area contributed by atoms with Crippen molar-refractivity contribution < 1.29 is 5.11 Å². The highest BCUT2D eigenvalue weighted by atomic mass is 16.3. The highest BCUT2D eigenvalue weighted by Crippen LogP contribution is 2.31. The van der Waals surface area contributed by atoms with Crippen LogP contribution < -0.4 is 5.32 Å². The van der Waals surface area contributed by atoms with Crippen molar-refractivity contribution in [3.63, 3.8) is 0 Å². The molecule has 15 heavy (non-hydrogen) atoms. The van der Waals surface area contributed by atoms with Crippen molar-refractivity contribution in [2.75, 3.05) is 13.1 Å². The van der Waals surface area contributed by atoms with E-state index >= 15 is 0 Å². The molecule has 2 unspecified atom stereocenters. The van der Waals surface area contributed by atoms with Gasteiger partial charge in [-0.05, 0) is 31.7 Å². The molecule has 0 aromatic rings. The van der Waals surface area contributed by atoms with Crippen LogP contribution in [0.25, 0.3) is 0 Å². The molecule has 1 rings (SSSR count). The molecule has 0 aromatic heterocycles. The van der Waals surface area contributed by atoms with Gasteiger partial charge in [-0.3, -0.25) is 0 Å². The van der Waals surface area contributed by atoms with Crippen LogP contribution in [0.5, 0.6) is 0 Å². The Morgan fingerprint density at radius 3 is 3.07 bits per heavy atom. The third kappa shape index (κ3) is 4.68. The van der Waals surface area contributed by atoms with Crippen LogP contribution in [0, 0.1) is 18.3 Å². The molecule has 1 fully saturated rings. The van der Waals surface area contributed by atoms with Gasteiger partial charge in [0.15, 0.2) is 0 Å². The van der Waals surface area contributed by atoms with Crippen molar-refractivity contribution in [2.45, 2.75) is 51.0 Å². The topological polar surface area (TPSA) is 32.3 Å². The molecular formula is C13H23NO. The van der Waals surface area contributed by atoms with Gasteiger partial charge in [-0.2, -0.15) is 0 Å².